The summed E-state index contributed by atoms with van der Waals surface area (Å²) in [4.78, 5) is 6.66. The second kappa shape index (κ2) is 10.6. The molecule has 6 aromatic carbocycles. The molecule has 0 fully saturated rings. The van der Waals surface area contributed by atoms with Crippen LogP contribution in [0.2, 0.25) is 0 Å². The summed E-state index contributed by atoms with van der Waals surface area (Å²) in [7, 11) is 0. The zero-order chi connectivity index (χ0) is 31.5. The normalized spacial score (nSPS) is 13.1. The van der Waals surface area contributed by atoms with Gasteiger partial charge in [0.25, 0.3) is 0 Å². The summed E-state index contributed by atoms with van der Waals surface area (Å²) < 4.78 is 6.53. The van der Waals surface area contributed by atoms with Gasteiger partial charge in [0.15, 0.2) is 11.2 Å². The van der Waals surface area contributed by atoms with Gasteiger partial charge in [-0.1, -0.05) is 123 Å². The molecule has 2 aromatic heterocycles. The summed E-state index contributed by atoms with van der Waals surface area (Å²) in [6.07, 6.45) is 3.63. The average molecular weight is 605 g/mol. The molecule has 1 aliphatic carbocycles. The molecular weight excluding hydrogens is 572 g/mol. The van der Waals surface area contributed by atoms with Gasteiger partial charge in [0.05, 0.1) is 11.9 Å². The number of aromatic nitrogens is 1. The number of benzene rings is 6. The van der Waals surface area contributed by atoms with Gasteiger partial charge in [-0.05, 0) is 80.9 Å². The number of fused-ring (bicyclic) bond motifs is 6. The lowest BCUT2D eigenvalue weighted by molar-refractivity contribution is 0.660. The molecule has 8 aromatic rings. The van der Waals surface area contributed by atoms with E-state index in [0.29, 0.717) is 0 Å². The molecule has 0 aliphatic heterocycles. The van der Waals surface area contributed by atoms with Crippen molar-refractivity contribution < 1.29 is 4.42 Å². The van der Waals surface area contributed by atoms with Crippen LogP contribution in [0.3, 0.4) is 0 Å². The van der Waals surface area contributed by atoms with E-state index >= 15 is 0 Å². The van der Waals surface area contributed by atoms with Gasteiger partial charge in [-0.25, -0.2) is 0 Å². The molecule has 0 atom stereocenters. The largest absolute Gasteiger partial charge is 0.452 e. The molecule has 3 heteroatoms. The van der Waals surface area contributed by atoms with Crippen molar-refractivity contribution in [2.45, 2.75) is 19.3 Å². The van der Waals surface area contributed by atoms with Crippen LogP contribution in [-0.2, 0) is 5.41 Å². The minimum atomic E-state index is -0.111. The maximum absolute atomic E-state index is 6.53. The fraction of sp³-hybridized carbons (Fsp3) is 0.0682. The van der Waals surface area contributed by atoms with Crippen molar-refractivity contribution in [1.29, 1.82) is 0 Å². The zero-order valence-corrected chi connectivity index (χ0v) is 26.3. The lowest BCUT2D eigenvalue weighted by Crippen LogP contribution is -2.16. The number of hydrogen-bond acceptors (Lipinski definition) is 3. The first-order valence-electron chi connectivity index (χ1n) is 16.1. The number of hydrogen-bond donors (Lipinski definition) is 0. The minimum Gasteiger partial charge on any atom is -0.452 e. The van der Waals surface area contributed by atoms with E-state index in [1.165, 1.54) is 44.5 Å². The molecule has 0 spiro atoms. The van der Waals surface area contributed by atoms with Crippen LogP contribution in [0.4, 0.5) is 17.1 Å². The first-order chi connectivity index (χ1) is 23.1. The first kappa shape index (κ1) is 27.4. The number of nitrogens with zero attached hydrogens (tertiary/aromatic N) is 2. The summed E-state index contributed by atoms with van der Waals surface area (Å²) in [5.41, 5.74) is 14.8. The summed E-state index contributed by atoms with van der Waals surface area (Å²) in [5, 5.41) is 2.14. The first-order valence-corrected chi connectivity index (χ1v) is 16.1. The van der Waals surface area contributed by atoms with Gasteiger partial charge < -0.3 is 9.32 Å². The third-order valence-corrected chi connectivity index (χ3v) is 9.80. The summed E-state index contributed by atoms with van der Waals surface area (Å²) in [6.45, 7) is 4.66. The maximum atomic E-state index is 6.53. The summed E-state index contributed by atoms with van der Waals surface area (Å²) in [5.74, 6) is 0. The molecule has 0 amide bonds. The quantitative estimate of drug-likeness (QED) is 0.196. The molecule has 3 nitrogen and oxygen atoms in total. The molecule has 9 rings (SSSR count). The second-order valence-electron chi connectivity index (χ2n) is 12.9. The summed E-state index contributed by atoms with van der Waals surface area (Å²) >= 11 is 0. The topological polar surface area (TPSA) is 29.3 Å². The number of pyridine rings is 1. The Balaban J connectivity index is 1.18. The van der Waals surface area contributed by atoms with Gasteiger partial charge in [0.1, 0.15) is 0 Å². The Morgan fingerprint density at radius 3 is 1.94 bits per heavy atom. The van der Waals surface area contributed by atoms with Crippen LogP contribution in [0.15, 0.2) is 162 Å². The molecule has 224 valence electrons. The predicted molar refractivity (Wildman–Crippen MR) is 195 cm³/mol. The molecule has 0 saturated heterocycles. The highest BCUT2D eigenvalue weighted by molar-refractivity contribution is 6.10. The number of anilines is 3. The fourth-order valence-electron chi connectivity index (χ4n) is 7.36. The Bertz CT molecular complexity index is 2420. The van der Waals surface area contributed by atoms with E-state index in [2.05, 4.69) is 163 Å². The Hall–Kier alpha value is -5.93. The minimum absolute atomic E-state index is 0.111. The van der Waals surface area contributed by atoms with Crippen LogP contribution in [0.1, 0.15) is 25.0 Å². The Morgan fingerprint density at radius 2 is 1.17 bits per heavy atom. The van der Waals surface area contributed by atoms with Crippen molar-refractivity contribution in [2.24, 2.45) is 0 Å². The Kier molecular flexibility index (Phi) is 6.16. The molecule has 0 bridgehead atoms. The third-order valence-electron chi connectivity index (χ3n) is 9.80. The highest BCUT2D eigenvalue weighted by Crippen LogP contribution is 2.51. The molecule has 0 N–H and O–H groups in total. The molecule has 47 heavy (non-hydrogen) atoms. The van der Waals surface area contributed by atoms with E-state index in [0.717, 1.165) is 39.0 Å². The highest BCUT2D eigenvalue weighted by Gasteiger charge is 2.36. The number of para-hydroxylation sites is 1. The van der Waals surface area contributed by atoms with Crippen LogP contribution in [0, 0.1) is 0 Å². The van der Waals surface area contributed by atoms with E-state index in [1.54, 1.807) is 6.20 Å². The molecule has 2 heterocycles. The van der Waals surface area contributed by atoms with Crippen LogP contribution in [0.25, 0.3) is 55.3 Å². The number of furan rings is 1. The Morgan fingerprint density at radius 1 is 0.532 bits per heavy atom. The lowest BCUT2D eigenvalue weighted by atomic mass is 9.82. The Labute approximate surface area is 274 Å². The monoisotopic (exact) mass is 604 g/mol. The van der Waals surface area contributed by atoms with Gasteiger partial charge in [-0.2, -0.15) is 0 Å². The van der Waals surface area contributed by atoms with Crippen molar-refractivity contribution in [2.75, 3.05) is 4.90 Å². The van der Waals surface area contributed by atoms with Crippen molar-refractivity contribution in [3.05, 3.63) is 169 Å². The SMILES string of the molecule is CC1(C)c2ccccc2-c2ccc(N(c3ccc(-c4ccc(-c5ccccc5)cc4)cc3)c3cccc4c3oc3cnccc34)cc21. The molecule has 0 saturated carbocycles. The van der Waals surface area contributed by atoms with Crippen LogP contribution in [-0.4, -0.2) is 4.98 Å². The van der Waals surface area contributed by atoms with E-state index in [9.17, 15) is 0 Å². The standard InChI is InChI=1S/C44H32N2O/c1-44(2)39-13-7-6-11-35(39)36-24-23-34(27-40(36)44)46(41-14-8-12-38-37-25-26-45-28-42(37)47-43(38)41)33-21-19-32(20-22-33)31-17-15-30(16-18-31)29-9-4-3-5-10-29/h3-28H,1-2H3. The van der Waals surface area contributed by atoms with Gasteiger partial charge in [0.2, 0.25) is 0 Å². The average Bonchev–Trinajstić information content (AvgIpc) is 3.62. The van der Waals surface area contributed by atoms with E-state index in [4.69, 9.17) is 4.42 Å². The van der Waals surface area contributed by atoms with Crippen molar-refractivity contribution in [1.82, 2.24) is 4.98 Å². The number of rotatable bonds is 5. The van der Waals surface area contributed by atoms with Gasteiger partial charge in [0, 0.05) is 33.8 Å². The second-order valence-corrected chi connectivity index (χ2v) is 12.9. The maximum Gasteiger partial charge on any atom is 0.159 e. The molecule has 0 radical (unpaired) electrons. The lowest BCUT2D eigenvalue weighted by Gasteiger charge is -2.28. The van der Waals surface area contributed by atoms with Crippen molar-refractivity contribution in [3.8, 4) is 33.4 Å². The molecule has 0 unspecified atom stereocenters. The van der Waals surface area contributed by atoms with Crippen LogP contribution >= 0.6 is 0 Å². The van der Waals surface area contributed by atoms with Gasteiger partial charge in [-0.15, -0.1) is 0 Å². The smallest absolute Gasteiger partial charge is 0.159 e. The van der Waals surface area contributed by atoms with Crippen molar-refractivity contribution >= 4 is 39.0 Å². The molecular formula is C44H32N2O. The van der Waals surface area contributed by atoms with Gasteiger partial charge >= 0.3 is 0 Å². The zero-order valence-electron chi connectivity index (χ0n) is 26.3. The molecule has 1 aliphatic rings. The third kappa shape index (κ3) is 4.39. The van der Waals surface area contributed by atoms with Crippen molar-refractivity contribution in [3.63, 3.8) is 0 Å². The van der Waals surface area contributed by atoms with Crippen LogP contribution < -0.4 is 4.90 Å². The van der Waals surface area contributed by atoms with E-state index in [-0.39, 0.29) is 5.41 Å². The summed E-state index contributed by atoms with van der Waals surface area (Å²) in [6, 6.07) is 52.3. The van der Waals surface area contributed by atoms with Gasteiger partial charge in [-0.3, -0.25) is 4.98 Å². The van der Waals surface area contributed by atoms with E-state index < -0.39 is 0 Å². The van der Waals surface area contributed by atoms with Crippen LogP contribution in [0.5, 0.6) is 0 Å². The fourth-order valence-corrected chi connectivity index (χ4v) is 7.36. The highest BCUT2D eigenvalue weighted by atomic mass is 16.3. The predicted octanol–water partition coefficient (Wildman–Crippen LogP) is 12.1. The van der Waals surface area contributed by atoms with E-state index in [1.807, 2.05) is 12.3 Å².